The molecule has 1 aliphatic rings. The average Bonchev–Trinajstić information content (AvgIpc) is 2.63. The van der Waals surface area contributed by atoms with E-state index in [0.29, 0.717) is 17.8 Å². The number of rotatable bonds is 4. The minimum atomic E-state index is -0.949. The summed E-state index contributed by atoms with van der Waals surface area (Å²) >= 11 is 0. The van der Waals surface area contributed by atoms with Gasteiger partial charge >= 0.3 is 0 Å². The normalized spacial score (nSPS) is 15.9. The molecular formula is C17H14N4O4. The van der Waals surface area contributed by atoms with E-state index in [1.165, 1.54) is 23.1 Å². The minimum absolute atomic E-state index is 0.104. The van der Waals surface area contributed by atoms with Crippen molar-refractivity contribution in [2.75, 3.05) is 11.9 Å². The summed E-state index contributed by atoms with van der Waals surface area (Å²) in [6.45, 7) is 0.347. The van der Waals surface area contributed by atoms with Crippen LogP contribution in [0.4, 0.5) is 11.4 Å². The monoisotopic (exact) mass is 338 g/mol. The predicted octanol–water partition coefficient (Wildman–Crippen LogP) is 1.94. The smallest absolute Gasteiger partial charge is 0.283 e. The number of nitro benzene ring substituents is 1. The van der Waals surface area contributed by atoms with Gasteiger partial charge in [-0.25, -0.2) is 0 Å². The number of carbonyl (C=O) groups excluding carboxylic acids is 1. The van der Waals surface area contributed by atoms with Crippen molar-refractivity contribution in [3.05, 3.63) is 63.7 Å². The van der Waals surface area contributed by atoms with Crippen LogP contribution in [-0.4, -0.2) is 24.1 Å². The van der Waals surface area contributed by atoms with Crippen LogP contribution in [0.5, 0.6) is 5.75 Å². The third-order valence-corrected chi connectivity index (χ3v) is 3.89. The first kappa shape index (κ1) is 16.4. The summed E-state index contributed by atoms with van der Waals surface area (Å²) < 4.78 is 5.61. The minimum Gasteiger partial charge on any atom is -0.463 e. The zero-order valence-corrected chi connectivity index (χ0v) is 13.3. The third kappa shape index (κ3) is 3.27. The number of nitro groups is 1. The van der Waals surface area contributed by atoms with E-state index in [2.05, 4.69) is 5.32 Å². The molecule has 1 aliphatic heterocycles. The first-order valence-electron chi connectivity index (χ1n) is 7.44. The predicted molar refractivity (Wildman–Crippen MR) is 88.9 cm³/mol. The molecule has 8 nitrogen and oxygen atoms in total. The lowest BCUT2D eigenvalue weighted by molar-refractivity contribution is -0.384. The van der Waals surface area contributed by atoms with Gasteiger partial charge in [0.15, 0.2) is 5.75 Å². The highest BCUT2D eigenvalue weighted by Crippen LogP contribution is 2.35. The van der Waals surface area contributed by atoms with Crippen LogP contribution in [0.1, 0.15) is 11.1 Å². The number of amides is 1. The van der Waals surface area contributed by atoms with E-state index < -0.39 is 11.2 Å². The number of hydrogen-bond acceptors (Lipinski definition) is 6. The first-order valence-corrected chi connectivity index (χ1v) is 7.44. The van der Waals surface area contributed by atoms with E-state index in [1.54, 1.807) is 31.3 Å². The largest absolute Gasteiger partial charge is 0.463 e. The molecule has 3 rings (SSSR count). The molecule has 1 unspecified atom stereocenters. The van der Waals surface area contributed by atoms with Gasteiger partial charge in [-0.1, -0.05) is 12.1 Å². The molecule has 0 bridgehead atoms. The number of anilines is 1. The highest BCUT2D eigenvalue weighted by atomic mass is 16.6. The maximum absolute atomic E-state index is 12.4. The molecule has 1 atom stereocenters. The lowest BCUT2D eigenvalue weighted by Gasteiger charge is -2.32. The molecule has 0 spiro atoms. The summed E-state index contributed by atoms with van der Waals surface area (Å²) in [7, 11) is 1.59. The molecule has 2 aromatic carbocycles. The van der Waals surface area contributed by atoms with Crippen LogP contribution < -0.4 is 15.0 Å². The average molecular weight is 338 g/mol. The quantitative estimate of drug-likeness (QED) is 0.674. The number of hydrogen-bond donors (Lipinski definition) is 1. The van der Waals surface area contributed by atoms with Gasteiger partial charge in [0, 0.05) is 19.7 Å². The van der Waals surface area contributed by atoms with Gasteiger partial charge in [-0.2, -0.15) is 5.26 Å². The second-order valence-corrected chi connectivity index (χ2v) is 5.49. The Balaban J connectivity index is 1.76. The number of ether oxygens (including phenoxy) is 1. The molecule has 0 fully saturated rings. The second kappa shape index (κ2) is 6.59. The maximum Gasteiger partial charge on any atom is 0.283 e. The van der Waals surface area contributed by atoms with Gasteiger partial charge in [-0.15, -0.1) is 0 Å². The number of nitriles is 1. The zero-order chi connectivity index (χ0) is 18.0. The number of likely N-dealkylation sites (N-methyl/N-ethyl adjacent to an activating group) is 1. The van der Waals surface area contributed by atoms with Gasteiger partial charge in [0.2, 0.25) is 6.23 Å². The van der Waals surface area contributed by atoms with Gasteiger partial charge in [-0.05, 0) is 23.8 Å². The molecule has 25 heavy (non-hydrogen) atoms. The Kier molecular flexibility index (Phi) is 4.33. The van der Waals surface area contributed by atoms with Crippen LogP contribution in [0.15, 0.2) is 42.5 Å². The Morgan fingerprint density at radius 3 is 2.68 bits per heavy atom. The topological polar surface area (TPSA) is 108 Å². The number of non-ortho nitro benzene ring substituents is 1. The van der Waals surface area contributed by atoms with Crippen LogP contribution in [0.2, 0.25) is 0 Å². The fourth-order valence-corrected chi connectivity index (χ4v) is 2.50. The van der Waals surface area contributed by atoms with Crippen LogP contribution in [0.3, 0.4) is 0 Å². The van der Waals surface area contributed by atoms with E-state index >= 15 is 0 Å². The SMILES string of the molecule is CN1C(=O)C(NCc2ccc(C#N)cc2)Oc2cc([N+](=O)[O-])ccc21. The second-order valence-electron chi connectivity index (χ2n) is 5.49. The summed E-state index contributed by atoms with van der Waals surface area (Å²) in [6, 6.07) is 13.1. The van der Waals surface area contributed by atoms with Gasteiger partial charge in [0.25, 0.3) is 11.6 Å². The maximum atomic E-state index is 12.4. The van der Waals surface area contributed by atoms with E-state index in [4.69, 9.17) is 10.00 Å². The molecule has 8 heteroatoms. The highest BCUT2D eigenvalue weighted by molar-refractivity contribution is 5.99. The van der Waals surface area contributed by atoms with Gasteiger partial charge < -0.3 is 9.64 Å². The van der Waals surface area contributed by atoms with Gasteiger partial charge in [0.05, 0.1) is 28.3 Å². The van der Waals surface area contributed by atoms with Crippen molar-refractivity contribution >= 4 is 17.3 Å². The highest BCUT2D eigenvalue weighted by Gasteiger charge is 2.33. The third-order valence-electron chi connectivity index (χ3n) is 3.89. The molecular weight excluding hydrogens is 324 g/mol. The molecule has 0 aliphatic carbocycles. The lowest BCUT2D eigenvalue weighted by atomic mass is 10.1. The molecule has 0 saturated heterocycles. The molecule has 2 aromatic rings. The summed E-state index contributed by atoms with van der Waals surface area (Å²) in [5.41, 5.74) is 1.80. The van der Waals surface area contributed by atoms with Crippen molar-refractivity contribution in [3.8, 4) is 11.8 Å². The van der Waals surface area contributed by atoms with Crippen LogP contribution in [-0.2, 0) is 11.3 Å². The van der Waals surface area contributed by atoms with Crippen molar-refractivity contribution in [1.82, 2.24) is 5.32 Å². The molecule has 1 amide bonds. The van der Waals surface area contributed by atoms with Crippen molar-refractivity contribution in [3.63, 3.8) is 0 Å². The first-order chi connectivity index (χ1) is 12.0. The number of fused-ring (bicyclic) bond motifs is 1. The Labute approximate surface area is 143 Å². The number of benzene rings is 2. The summed E-state index contributed by atoms with van der Waals surface area (Å²) in [4.78, 5) is 24.2. The summed E-state index contributed by atoms with van der Waals surface area (Å²) in [5.74, 6) is -0.0244. The molecule has 1 N–H and O–H groups in total. The molecule has 126 valence electrons. The molecule has 1 heterocycles. The Hall–Kier alpha value is -3.44. The van der Waals surface area contributed by atoms with Crippen molar-refractivity contribution in [2.45, 2.75) is 12.8 Å². The van der Waals surface area contributed by atoms with Crippen molar-refractivity contribution in [2.24, 2.45) is 0 Å². The van der Waals surface area contributed by atoms with Gasteiger partial charge in [-0.3, -0.25) is 20.2 Å². The number of nitrogens with one attached hydrogen (secondary N) is 1. The summed E-state index contributed by atoms with van der Waals surface area (Å²) in [5, 5.41) is 22.7. The van der Waals surface area contributed by atoms with Crippen LogP contribution in [0.25, 0.3) is 0 Å². The standard InChI is InChI=1S/C17H14N4O4/c1-20-14-7-6-13(21(23)24)8-15(14)25-16(17(20)22)19-10-12-4-2-11(9-18)3-5-12/h2-8,16,19H,10H2,1H3. The molecule has 0 aromatic heterocycles. The fraction of sp³-hybridized carbons (Fsp3) is 0.176. The van der Waals surface area contributed by atoms with Crippen LogP contribution >= 0.6 is 0 Å². The lowest BCUT2D eigenvalue weighted by Crippen LogP contribution is -2.51. The van der Waals surface area contributed by atoms with Crippen molar-refractivity contribution in [1.29, 1.82) is 5.26 Å². The van der Waals surface area contributed by atoms with E-state index in [9.17, 15) is 14.9 Å². The van der Waals surface area contributed by atoms with Crippen molar-refractivity contribution < 1.29 is 14.5 Å². The Morgan fingerprint density at radius 1 is 1.32 bits per heavy atom. The Morgan fingerprint density at radius 2 is 2.04 bits per heavy atom. The molecule has 0 radical (unpaired) electrons. The van der Waals surface area contributed by atoms with E-state index in [1.807, 2.05) is 6.07 Å². The Bertz CT molecular complexity index is 873. The zero-order valence-electron chi connectivity index (χ0n) is 13.3. The van der Waals surface area contributed by atoms with Crippen LogP contribution in [0, 0.1) is 21.4 Å². The van der Waals surface area contributed by atoms with E-state index in [0.717, 1.165) is 5.56 Å². The molecule has 0 saturated carbocycles. The fourth-order valence-electron chi connectivity index (χ4n) is 2.50. The number of carbonyl (C=O) groups is 1. The van der Waals surface area contributed by atoms with E-state index in [-0.39, 0.29) is 17.3 Å². The van der Waals surface area contributed by atoms with Gasteiger partial charge in [0.1, 0.15) is 0 Å². The summed E-state index contributed by atoms with van der Waals surface area (Å²) in [6.07, 6.45) is -0.949. The number of nitrogens with zero attached hydrogens (tertiary/aromatic N) is 3.